The van der Waals surface area contributed by atoms with E-state index in [1.807, 2.05) is 0 Å². The summed E-state index contributed by atoms with van der Waals surface area (Å²) in [6.45, 7) is 5.28. The highest BCUT2D eigenvalue weighted by molar-refractivity contribution is 6.07. The molecule has 0 saturated carbocycles. The molecule has 0 radical (unpaired) electrons. The van der Waals surface area contributed by atoms with E-state index in [0.29, 0.717) is 6.04 Å². The molecule has 2 N–H and O–H groups in total. The van der Waals surface area contributed by atoms with Gasteiger partial charge in [0.05, 0.1) is 6.54 Å². The zero-order valence-corrected chi connectivity index (χ0v) is 17.7. The van der Waals surface area contributed by atoms with Crippen LogP contribution in [0.25, 0.3) is 11.6 Å². The van der Waals surface area contributed by atoms with Gasteiger partial charge in [0.25, 0.3) is 0 Å². The predicted octanol–water partition coefficient (Wildman–Crippen LogP) is 5.11. The fraction of sp³-hybridized carbons (Fsp3) is 0.346. The predicted molar refractivity (Wildman–Crippen MR) is 127 cm³/mol. The number of rotatable bonds is 6. The topological polar surface area (TPSA) is 39.7 Å². The second kappa shape index (κ2) is 8.49. The average molecular weight is 399 g/mol. The molecule has 1 atom stereocenters. The molecule has 4 nitrogen and oxygen atoms in total. The Hall–Kier alpha value is -2.85. The number of benzene rings is 2. The van der Waals surface area contributed by atoms with Crippen LogP contribution in [0.15, 0.2) is 65.4 Å². The number of hydrogen-bond donors (Lipinski definition) is 2. The molecule has 1 fully saturated rings. The Balaban J connectivity index is 1.47. The Morgan fingerprint density at radius 1 is 1.13 bits per heavy atom. The number of nitrogens with zero attached hydrogens (tertiary/aromatic N) is 2. The van der Waals surface area contributed by atoms with Crippen LogP contribution in [0.3, 0.4) is 0 Å². The Morgan fingerprint density at radius 3 is 2.80 bits per heavy atom. The summed E-state index contributed by atoms with van der Waals surface area (Å²) in [6, 6.07) is 18.1. The van der Waals surface area contributed by atoms with Crippen LogP contribution < -0.4 is 10.6 Å². The standard InChI is InChI=1S/C26H30N4/c1-2-3-8-25-24(20-9-11-21(12-10-20)28-22-13-15-27-17-22)18-30-16-14-19-6-4-5-7-23(19)26(30)29-25/h4-7,9-12,14,16,22,27-28H,2-3,8,13,15,17-18H2,1H3/t22-/m1/s1. The number of anilines is 1. The number of fused-ring (bicyclic) bond motifs is 3. The fourth-order valence-corrected chi connectivity index (χ4v) is 4.54. The first-order valence-electron chi connectivity index (χ1n) is 11.2. The number of aliphatic imine (C=N–C) groups is 1. The molecule has 2 aromatic rings. The third kappa shape index (κ3) is 3.80. The summed E-state index contributed by atoms with van der Waals surface area (Å²) in [6.07, 6.45) is 8.95. The van der Waals surface area contributed by atoms with E-state index in [0.717, 1.165) is 31.9 Å². The van der Waals surface area contributed by atoms with Crippen molar-refractivity contribution in [2.45, 2.75) is 38.6 Å². The molecule has 1 saturated heterocycles. The molecule has 0 spiro atoms. The van der Waals surface area contributed by atoms with Crippen LogP contribution >= 0.6 is 0 Å². The average Bonchev–Trinajstić information content (AvgIpc) is 3.30. The monoisotopic (exact) mass is 398 g/mol. The van der Waals surface area contributed by atoms with Gasteiger partial charge in [-0.25, -0.2) is 4.99 Å². The second-order valence-corrected chi connectivity index (χ2v) is 8.41. The van der Waals surface area contributed by atoms with Crippen LogP contribution in [0.5, 0.6) is 0 Å². The molecule has 4 heteroatoms. The van der Waals surface area contributed by atoms with Gasteiger partial charge in [0.15, 0.2) is 0 Å². The summed E-state index contributed by atoms with van der Waals surface area (Å²) in [4.78, 5) is 7.49. The van der Waals surface area contributed by atoms with Gasteiger partial charge in [-0.3, -0.25) is 0 Å². The number of allylic oxidation sites excluding steroid dienone is 1. The van der Waals surface area contributed by atoms with Crippen LogP contribution in [0.2, 0.25) is 0 Å². The van der Waals surface area contributed by atoms with Gasteiger partial charge in [-0.15, -0.1) is 0 Å². The summed E-state index contributed by atoms with van der Waals surface area (Å²) in [5, 5.41) is 7.06. The van der Waals surface area contributed by atoms with Crippen LogP contribution in [0.1, 0.15) is 49.3 Å². The van der Waals surface area contributed by atoms with Crippen molar-refractivity contribution in [3.05, 3.63) is 77.1 Å². The number of unbranched alkanes of at least 4 members (excludes halogenated alkanes) is 1. The first-order chi connectivity index (χ1) is 14.8. The van der Waals surface area contributed by atoms with Crippen molar-refractivity contribution in [3.63, 3.8) is 0 Å². The maximum atomic E-state index is 5.19. The zero-order valence-electron chi connectivity index (χ0n) is 17.7. The van der Waals surface area contributed by atoms with E-state index in [9.17, 15) is 0 Å². The van der Waals surface area contributed by atoms with Gasteiger partial charge in [-0.05, 0) is 55.1 Å². The molecule has 3 heterocycles. The highest BCUT2D eigenvalue weighted by Gasteiger charge is 2.26. The molecule has 154 valence electrons. The molecular formula is C26H30N4. The Bertz CT molecular complexity index is 994. The van der Waals surface area contributed by atoms with Crippen molar-refractivity contribution in [2.75, 3.05) is 25.0 Å². The number of hydrogen-bond acceptors (Lipinski definition) is 4. The molecule has 0 amide bonds. The maximum absolute atomic E-state index is 5.19. The first-order valence-corrected chi connectivity index (χ1v) is 11.2. The van der Waals surface area contributed by atoms with Crippen molar-refractivity contribution < 1.29 is 0 Å². The van der Waals surface area contributed by atoms with Crippen molar-refractivity contribution in [2.24, 2.45) is 4.99 Å². The maximum Gasteiger partial charge on any atom is 0.141 e. The summed E-state index contributed by atoms with van der Waals surface area (Å²) >= 11 is 0. The van der Waals surface area contributed by atoms with Gasteiger partial charge in [0.2, 0.25) is 0 Å². The van der Waals surface area contributed by atoms with Crippen molar-refractivity contribution in [3.8, 4) is 0 Å². The van der Waals surface area contributed by atoms with Gasteiger partial charge < -0.3 is 15.5 Å². The highest BCUT2D eigenvalue weighted by Crippen LogP contribution is 2.33. The van der Waals surface area contributed by atoms with Crippen molar-refractivity contribution in [1.82, 2.24) is 10.2 Å². The SMILES string of the molecule is CCCCC1=C(c2ccc(N[C@@H]3CCNC3)cc2)CN2C=Cc3ccccc3C2=N1. The van der Waals surface area contributed by atoms with Gasteiger partial charge >= 0.3 is 0 Å². The van der Waals surface area contributed by atoms with E-state index in [1.54, 1.807) is 0 Å². The van der Waals surface area contributed by atoms with Crippen LogP contribution in [-0.4, -0.2) is 36.4 Å². The van der Waals surface area contributed by atoms with Gasteiger partial charge in [0, 0.05) is 41.3 Å². The lowest BCUT2D eigenvalue weighted by Crippen LogP contribution is -2.34. The molecule has 0 unspecified atom stereocenters. The van der Waals surface area contributed by atoms with E-state index in [-0.39, 0.29) is 0 Å². The second-order valence-electron chi connectivity index (χ2n) is 8.41. The van der Waals surface area contributed by atoms with Crippen LogP contribution in [0, 0.1) is 0 Å². The van der Waals surface area contributed by atoms with Crippen LogP contribution in [0.4, 0.5) is 5.69 Å². The Morgan fingerprint density at radius 2 is 2.00 bits per heavy atom. The molecular weight excluding hydrogens is 368 g/mol. The Labute approximate surface area is 179 Å². The first kappa shape index (κ1) is 19.1. The Kier molecular flexibility index (Phi) is 5.41. The van der Waals surface area contributed by atoms with E-state index in [1.165, 1.54) is 52.9 Å². The fourth-order valence-electron chi connectivity index (χ4n) is 4.54. The van der Waals surface area contributed by atoms with Gasteiger partial charge in [-0.1, -0.05) is 49.7 Å². The molecule has 5 rings (SSSR count). The minimum atomic E-state index is 0.538. The molecule has 3 aliphatic heterocycles. The molecule has 30 heavy (non-hydrogen) atoms. The lowest BCUT2D eigenvalue weighted by atomic mass is 9.95. The summed E-state index contributed by atoms with van der Waals surface area (Å²) in [5.74, 6) is 1.09. The lowest BCUT2D eigenvalue weighted by Gasteiger charge is -2.33. The summed E-state index contributed by atoms with van der Waals surface area (Å²) in [7, 11) is 0. The van der Waals surface area contributed by atoms with E-state index in [2.05, 4.69) is 83.3 Å². The van der Waals surface area contributed by atoms with Crippen molar-refractivity contribution >= 4 is 23.2 Å². The summed E-state index contributed by atoms with van der Waals surface area (Å²) in [5.41, 5.74) is 7.57. The number of amidine groups is 1. The minimum absolute atomic E-state index is 0.538. The third-order valence-corrected chi connectivity index (χ3v) is 6.26. The lowest BCUT2D eigenvalue weighted by molar-refractivity contribution is 0.612. The van der Waals surface area contributed by atoms with E-state index < -0.39 is 0 Å². The van der Waals surface area contributed by atoms with E-state index >= 15 is 0 Å². The zero-order chi connectivity index (χ0) is 20.3. The normalized spacial score (nSPS) is 20.1. The third-order valence-electron chi connectivity index (χ3n) is 6.26. The molecule has 2 aromatic carbocycles. The van der Waals surface area contributed by atoms with Gasteiger partial charge in [0.1, 0.15) is 5.84 Å². The largest absolute Gasteiger partial charge is 0.381 e. The molecule has 0 bridgehead atoms. The van der Waals surface area contributed by atoms with Crippen molar-refractivity contribution in [1.29, 1.82) is 0 Å². The quantitative estimate of drug-likeness (QED) is 0.710. The van der Waals surface area contributed by atoms with E-state index in [4.69, 9.17) is 4.99 Å². The van der Waals surface area contributed by atoms with Gasteiger partial charge in [-0.2, -0.15) is 0 Å². The molecule has 3 aliphatic rings. The number of nitrogens with one attached hydrogen (secondary N) is 2. The molecule has 0 aromatic heterocycles. The smallest absolute Gasteiger partial charge is 0.141 e. The summed E-state index contributed by atoms with van der Waals surface area (Å²) < 4.78 is 0. The highest BCUT2D eigenvalue weighted by atomic mass is 15.2. The van der Waals surface area contributed by atoms with Crippen LogP contribution in [-0.2, 0) is 0 Å². The minimum Gasteiger partial charge on any atom is -0.381 e. The molecule has 0 aliphatic carbocycles.